The molecule has 0 bridgehead atoms. The predicted octanol–water partition coefficient (Wildman–Crippen LogP) is 3.30. The van der Waals surface area contributed by atoms with Gasteiger partial charge in [-0.3, -0.25) is 0 Å². The van der Waals surface area contributed by atoms with E-state index in [0.29, 0.717) is 6.61 Å². The lowest BCUT2D eigenvalue weighted by molar-refractivity contribution is 0.267. The van der Waals surface area contributed by atoms with Crippen LogP contribution >= 0.6 is 12.4 Å². The van der Waals surface area contributed by atoms with E-state index in [4.69, 9.17) is 15.6 Å². The minimum absolute atomic E-state index is 0. The summed E-state index contributed by atoms with van der Waals surface area (Å²) in [5, 5.41) is 9.14. The van der Waals surface area contributed by atoms with Crippen LogP contribution in [0, 0.1) is 13.8 Å². The Labute approximate surface area is 132 Å². The number of nitrogens with two attached hydrogens (primary N) is 1. The molecule has 0 aromatic heterocycles. The highest BCUT2D eigenvalue weighted by atomic mass is 35.5. The van der Waals surface area contributed by atoms with Crippen molar-refractivity contribution in [3.05, 3.63) is 64.7 Å². The van der Waals surface area contributed by atoms with Crippen molar-refractivity contribution in [3.63, 3.8) is 0 Å². The van der Waals surface area contributed by atoms with E-state index in [9.17, 15) is 0 Å². The summed E-state index contributed by atoms with van der Waals surface area (Å²) in [6, 6.07) is 13.7. The molecule has 0 aliphatic carbocycles. The number of ether oxygens (including phenoxy) is 1. The third-order valence-electron chi connectivity index (χ3n) is 3.33. The van der Waals surface area contributed by atoms with E-state index < -0.39 is 0 Å². The molecule has 21 heavy (non-hydrogen) atoms. The lowest BCUT2D eigenvalue weighted by atomic mass is 10.0. The summed E-state index contributed by atoms with van der Waals surface area (Å²) >= 11 is 0. The SMILES string of the molecule is Cc1cc([C@@H](N)CO)cc(C)c1OCc1ccccc1.Cl. The topological polar surface area (TPSA) is 55.5 Å². The van der Waals surface area contributed by atoms with Gasteiger partial charge in [0.2, 0.25) is 0 Å². The van der Waals surface area contributed by atoms with Gasteiger partial charge in [-0.1, -0.05) is 42.5 Å². The smallest absolute Gasteiger partial charge is 0.125 e. The van der Waals surface area contributed by atoms with E-state index in [1.54, 1.807) is 0 Å². The van der Waals surface area contributed by atoms with Crippen LogP contribution in [0.1, 0.15) is 28.3 Å². The molecular weight excluding hydrogens is 286 g/mol. The first-order chi connectivity index (χ1) is 9.61. The second kappa shape index (κ2) is 8.03. The van der Waals surface area contributed by atoms with E-state index in [2.05, 4.69) is 0 Å². The van der Waals surface area contributed by atoms with Gasteiger partial charge in [0.05, 0.1) is 12.6 Å². The lowest BCUT2D eigenvalue weighted by Crippen LogP contribution is -2.15. The molecule has 2 aromatic carbocycles. The van der Waals surface area contributed by atoms with Gasteiger partial charge < -0.3 is 15.6 Å². The minimum atomic E-state index is -0.337. The van der Waals surface area contributed by atoms with Gasteiger partial charge in [0.15, 0.2) is 0 Å². The Kier molecular flexibility index (Phi) is 6.69. The molecule has 0 aliphatic rings. The molecule has 2 rings (SSSR count). The van der Waals surface area contributed by atoms with E-state index in [0.717, 1.165) is 28.0 Å². The number of benzene rings is 2. The van der Waals surface area contributed by atoms with Crippen molar-refractivity contribution in [1.29, 1.82) is 0 Å². The first kappa shape index (κ1) is 17.5. The monoisotopic (exact) mass is 307 g/mol. The van der Waals surface area contributed by atoms with Crippen molar-refractivity contribution >= 4 is 12.4 Å². The van der Waals surface area contributed by atoms with Crippen molar-refractivity contribution in [2.45, 2.75) is 26.5 Å². The van der Waals surface area contributed by atoms with Gasteiger partial charge in [0, 0.05) is 0 Å². The minimum Gasteiger partial charge on any atom is -0.488 e. The van der Waals surface area contributed by atoms with Crippen LogP contribution in [0.4, 0.5) is 0 Å². The fraction of sp³-hybridized carbons (Fsp3) is 0.294. The van der Waals surface area contributed by atoms with Gasteiger partial charge >= 0.3 is 0 Å². The van der Waals surface area contributed by atoms with E-state index in [1.165, 1.54) is 0 Å². The molecule has 114 valence electrons. The average molecular weight is 308 g/mol. The highest BCUT2D eigenvalue weighted by Crippen LogP contribution is 2.27. The second-order valence-electron chi connectivity index (χ2n) is 5.05. The number of halogens is 1. The first-order valence-electron chi connectivity index (χ1n) is 6.76. The van der Waals surface area contributed by atoms with Crippen molar-refractivity contribution in [2.24, 2.45) is 5.73 Å². The van der Waals surface area contributed by atoms with Crippen molar-refractivity contribution in [1.82, 2.24) is 0 Å². The van der Waals surface area contributed by atoms with Crippen LogP contribution < -0.4 is 10.5 Å². The molecule has 0 aliphatic heterocycles. The van der Waals surface area contributed by atoms with Gasteiger partial charge in [-0.05, 0) is 36.1 Å². The predicted molar refractivity (Wildman–Crippen MR) is 88.0 cm³/mol. The Hall–Kier alpha value is -1.55. The third-order valence-corrected chi connectivity index (χ3v) is 3.33. The van der Waals surface area contributed by atoms with Gasteiger partial charge in [0.1, 0.15) is 12.4 Å². The average Bonchev–Trinajstić information content (AvgIpc) is 2.46. The Balaban J connectivity index is 0.00000220. The molecule has 0 radical (unpaired) electrons. The molecular formula is C17H22ClNO2. The Morgan fingerprint density at radius 1 is 1.10 bits per heavy atom. The number of aliphatic hydroxyl groups is 1. The molecule has 0 heterocycles. The largest absolute Gasteiger partial charge is 0.488 e. The standard InChI is InChI=1S/C17H21NO2.ClH/c1-12-8-15(16(18)10-19)9-13(2)17(12)20-11-14-6-4-3-5-7-14;/h3-9,16,19H,10-11,18H2,1-2H3;1H/t16-;/m0./s1. The molecule has 3 nitrogen and oxygen atoms in total. The maximum atomic E-state index is 9.14. The normalized spacial score (nSPS) is 11.6. The maximum Gasteiger partial charge on any atom is 0.125 e. The molecule has 3 N–H and O–H groups in total. The van der Waals surface area contributed by atoms with Crippen LogP contribution in [-0.4, -0.2) is 11.7 Å². The highest BCUT2D eigenvalue weighted by molar-refractivity contribution is 5.85. The zero-order chi connectivity index (χ0) is 14.5. The van der Waals surface area contributed by atoms with Gasteiger partial charge in [0.25, 0.3) is 0 Å². The molecule has 2 aromatic rings. The maximum absolute atomic E-state index is 9.14. The molecule has 1 atom stereocenters. The Morgan fingerprint density at radius 3 is 2.19 bits per heavy atom. The molecule has 0 saturated heterocycles. The van der Waals surface area contributed by atoms with Crippen LogP contribution in [0.25, 0.3) is 0 Å². The summed E-state index contributed by atoms with van der Waals surface area (Å²) in [6.07, 6.45) is 0. The van der Waals surface area contributed by atoms with E-state index in [-0.39, 0.29) is 25.1 Å². The molecule has 0 unspecified atom stereocenters. The number of rotatable bonds is 5. The fourth-order valence-corrected chi connectivity index (χ4v) is 2.26. The molecule has 0 spiro atoms. The quantitative estimate of drug-likeness (QED) is 0.891. The second-order valence-corrected chi connectivity index (χ2v) is 5.05. The number of aryl methyl sites for hydroxylation is 2. The summed E-state index contributed by atoms with van der Waals surface area (Å²) in [7, 11) is 0. The number of aliphatic hydroxyl groups excluding tert-OH is 1. The van der Waals surface area contributed by atoms with Crippen LogP contribution in [0.15, 0.2) is 42.5 Å². The van der Waals surface area contributed by atoms with Crippen molar-refractivity contribution in [2.75, 3.05) is 6.61 Å². The van der Waals surface area contributed by atoms with Crippen LogP contribution in [0.2, 0.25) is 0 Å². The van der Waals surface area contributed by atoms with Gasteiger partial charge in [-0.15, -0.1) is 12.4 Å². The van der Waals surface area contributed by atoms with Crippen molar-refractivity contribution in [3.8, 4) is 5.75 Å². The summed E-state index contributed by atoms with van der Waals surface area (Å²) in [5.41, 5.74) is 10.0. The van der Waals surface area contributed by atoms with Crippen LogP contribution in [-0.2, 0) is 6.61 Å². The Bertz CT molecular complexity index is 549. The van der Waals surface area contributed by atoms with Gasteiger partial charge in [-0.2, -0.15) is 0 Å². The summed E-state index contributed by atoms with van der Waals surface area (Å²) in [5.74, 6) is 0.891. The lowest BCUT2D eigenvalue weighted by Gasteiger charge is -2.16. The van der Waals surface area contributed by atoms with Gasteiger partial charge in [-0.25, -0.2) is 0 Å². The first-order valence-corrected chi connectivity index (χ1v) is 6.76. The third kappa shape index (κ3) is 4.46. The molecule has 0 saturated carbocycles. The number of hydrogen-bond acceptors (Lipinski definition) is 3. The Morgan fingerprint density at radius 2 is 1.67 bits per heavy atom. The number of hydrogen-bond donors (Lipinski definition) is 2. The zero-order valence-corrected chi connectivity index (χ0v) is 13.2. The van der Waals surface area contributed by atoms with Crippen LogP contribution in [0.3, 0.4) is 0 Å². The van der Waals surface area contributed by atoms with Crippen molar-refractivity contribution < 1.29 is 9.84 Å². The summed E-state index contributed by atoms with van der Waals surface area (Å²) in [6.45, 7) is 4.50. The summed E-state index contributed by atoms with van der Waals surface area (Å²) < 4.78 is 5.92. The van der Waals surface area contributed by atoms with E-state index >= 15 is 0 Å². The molecule has 0 fully saturated rings. The fourth-order valence-electron chi connectivity index (χ4n) is 2.26. The molecule has 0 amide bonds. The zero-order valence-electron chi connectivity index (χ0n) is 12.4. The van der Waals surface area contributed by atoms with E-state index in [1.807, 2.05) is 56.3 Å². The summed E-state index contributed by atoms with van der Waals surface area (Å²) in [4.78, 5) is 0. The molecule has 4 heteroatoms. The highest BCUT2D eigenvalue weighted by Gasteiger charge is 2.11. The van der Waals surface area contributed by atoms with Crippen LogP contribution in [0.5, 0.6) is 5.75 Å².